The van der Waals surface area contributed by atoms with E-state index >= 15 is 0 Å². The van der Waals surface area contributed by atoms with Crippen molar-refractivity contribution in [2.24, 2.45) is 0 Å². The Bertz CT molecular complexity index is 1060. The summed E-state index contributed by atoms with van der Waals surface area (Å²) in [6, 6.07) is 12.0. The maximum atomic E-state index is 13.2. The quantitative estimate of drug-likeness (QED) is 0.324. The molecular weight excluding hydrogens is 432 g/mol. The van der Waals surface area contributed by atoms with Crippen molar-refractivity contribution in [3.05, 3.63) is 64.7 Å². The van der Waals surface area contributed by atoms with Crippen LogP contribution < -0.4 is 9.47 Å². The fraction of sp³-hybridized carbons (Fsp3) is 0.407. The van der Waals surface area contributed by atoms with Gasteiger partial charge < -0.3 is 24.4 Å². The Morgan fingerprint density at radius 1 is 1.06 bits per heavy atom. The van der Waals surface area contributed by atoms with E-state index in [1.54, 1.807) is 31.4 Å². The van der Waals surface area contributed by atoms with Gasteiger partial charge in [-0.15, -0.1) is 0 Å². The molecule has 1 saturated heterocycles. The van der Waals surface area contributed by atoms with Crippen molar-refractivity contribution in [2.45, 2.75) is 32.7 Å². The zero-order valence-corrected chi connectivity index (χ0v) is 20.6. The normalized spacial score (nSPS) is 17.5. The summed E-state index contributed by atoms with van der Waals surface area (Å²) in [7, 11) is 5.38. The lowest BCUT2D eigenvalue weighted by atomic mass is 9.94. The van der Waals surface area contributed by atoms with Crippen molar-refractivity contribution in [3.63, 3.8) is 0 Å². The van der Waals surface area contributed by atoms with E-state index in [0.29, 0.717) is 42.3 Å². The van der Waals surface area contributed by atoms with Gasteiger partial charge in [-0.1, -0.05) is 44.2 Å². The van der Waals surface area contributed by atoms with Gasteiger partial charge in [0.25, 0.3) is 11.7 Å². The van der Waals surface area contributed by atoms with Gasteiger partial charge in [-0.25, -0.2) is 0 Å². The molecule has 7 heteroatoms. The number of carbonyl (C=O) groups excluding carboxylic acids is 2. The van der Waals surface area contributed by atoms with Crippen LogP contribution in [0.1, 0.15) is 43.0 Å². The summed E-state index contributed by atoms with van der Waals surface area (Å²) in [4.78, 5) is 29.7. The van der Waals surface area contributed by atoms with Crippen molar-refractivity contribution in [2.75, 3.05) is 40.9 Å². The number of Topliss-reactive ketones (excluding diaryl/α,β-unsaturated/α-hetero) is 1. The summed E-state index contributed by atoms with van der Waals surface area (Å²) < 4.78 is 11.3. The van der Waals surface area contributed by atoms with Gasteiger partial charge in [0, 0.05) is 18.7 Å². The van der Waals surface area contributed by atoms with Crippen LogP contribution in [0.2, 0.25) is 0 Å². The second-order valence-electron chi connectivity index (χ2n) is 8.61. The van der Waals surface area contributed by atoms with Crippen LogP contribution >= 0.6 is 0 Å². The molecule has 1 unspecified atom stereocenters. The maximum Gasteiger partial charge on any atom is 0.295 e. The number of hydrogen-bond donors (Lipinski definition) is 1. The number of hydrogen-bond acceptors (Lipinski definition) is 6. The Kier molecular flexibility index (Phi) is 8.34. The molecule has 2 aromatic carbocycles. The standard InChI is InChI=1S/C27H34N2O5/c1-6-16-34-22-17-20(12-13-21(22)33-5)24-23(25(30)19-10-8-18(7-2)9-11-19)26(31)27(32)29(24)15-14-28(3)4/h8-13,17,24,30H,6-7,14-16H2,1-5H3/b25-23-. The van der Waals surface area contributed by atoms with E-state index in [1.807, 2.05) is 51.0 Å². The highest BCUT2D eigenvalue weighted by Gasteiger charge is 2.46. The van der Waals surface area contributed by atoms with Crippen molar-refractivity contribution < 1.29 is 24.2 Å². The third kappa shape index (κ3) is 5.25. The molecule has 1 aliphatic rings. The summed E-state index contributed by atoms with van der Waals surface area (Å²) >= 11 is 0. The number of rotatable bonds is 10. The highest BCUT2D eigenvalue weighted by Crippen LogP contribution is 2.42. The first kappa shape index (κ1) is 25.3. The topological polar surface area (TPSA) is 79.3 Å². The molecule has 3 rings (SSSR count). The number of ketones is 1. The minimum Gasteiger partial charge on any atom is -0.507 e. The molecule has 0 aliphatic carbocycles. The number of carbonyl (C=O) groups is 2. The van der Waals surface area contributed by atoms with Gasteiger partial charge in [-0.05, 0) is 50.2 Å². The first-order valence-electron chi connectivity index (χ1n) is 11.7. The van der Waals surface area contributed by atoms with E-state index in [-0.39, 0.29) is 11.3 Å². The lowest BCUT2D eigenvalue weighted by molar-refractivity contribution is -0.140. The Morgan fingerprint density at radius 3 is 2.35 bits per heavy atom. The number of likely N-dealkylation sites (N-methyl/N-ethyl adjacent to an activating group) is 1. The van der Waals surface area contributed by atoms with Crippen molar-refractivity contribution in [1.82, 2.24) is 9.80 Å². The lowest BCUT2D eigenvalue weighted by Gasteiger charge is -2.27. The van der Waals surface area contributed by atoms with Gasteiger partial charge in [0.05, 0.1) is 25.3 Å². The van der Waals surface area contributed by atoms with E-state index in [1.165, 1.54) is 4.90 Å². The van der Waals surface area contributed by atoms with Crippen LogP contribution in [0.15, 0.2) is 48.0 Å². The van der Waals surface area contributed by atoms with Gasteiger partial charge >= 0.3 is 0 Å². The van der Waals surface area contributed by atoms with E-state index in [2.05, 4.69) is 0 Å². The first-order chi connectivity index (χ1) is 16.3. The van der Waals surface area contributed by atoms with Crippen LogP contribution in [-0.2, 0) is 16.0 Å². The molecule has 2 aromatic rings. The second-order valence-corrected chi connectivity index (χ2v) is 8.61. The number of aryl methyl sites for hydroxylation is 1. The smallest absolute Gasteiger partial charge is 0.295 e. The van der Waals surface area contributed by atoms with Crippen LogP contribution in [0.5, 0.6) is 11.5 Å². The maximum absolute atomic E-state index is 13.2. The summed E-state index contributed by atoms with van der Waals surface area (Å²) in [5.41, 5.74) is 2.38. The average Bonchev–Trinajstić information content (AvgIpc) is 3.10. The number of benzene rings is 2. The molecule has 0 spiro atoms. The monoisotopic (exact) mass is 466 g/mol. The SMILES string of the molecule is CCCOc1cc(C2/C(=C(/O)c3ccc(CC)cc3)C(=O)C(=O)N2CCN(C)C)ccc1OC. The number of amides is 1. The Labute approximate surface area is 201 Å². The fourth-order valence-electron chi connectivity index (χ4n) is 4.01. The van der Waals surface area contributed by atoms with Crippen LogP contribution in [-0.4, -0.2) is 67.5 Å². The highest BCUT2D eigenvalue weighted by atomic mass is 16.5. The number of methoxy groups -OCH3 is 1. The van der Waals surface area contributed by atoms with Gasteiger partial charge in [-0.3, -0.25) is 9.59 Å². The van der Waals surface area contributed by atoms with Gasteiger partial charge in [0.2, 0.25) is 0 Å². The zero-order chi connectivity index (χ0) is 24.8. The molecule has 1 atom stereocenters. The highest BCUT2D eigenvalue weighted by molar-refractivity contribution is 6.46. The third-order valence-electron chi connectivity index (χ3n) is 5.93. The molecule has 0 saturated carbocycles. The summed E-state index contributed by atoms with van der Waals surface area (Å²) in [5.74, 6) is -0.381. The van der Waals surface area contributed by atoms with Gasteiger partial charge in [0.15, 0.2) is 11.5 Å². The number of likely N-dealkylation sites (tertiary alicyclic amines) is 1. The van der Waals surface area contributed by atoms with Crippen LogP contribution in [0.4, 0.5) is 0 Å². The van der Waals surface area contributed by atoms with E-state index in [4.69, 9.17) is 9.47 Å². The zero-order valence-electron chi connectivity index (χ0n) is 20.6. The predicted molar refractivity (Wildman–Crippen MR) is 132 cm³/mol. The average molecular weight is 467 g/mol. The molecule has 1 N–H and O–H groups in total. The summed E-state index contributed by atoms with van der Waals surface area (Å²) in [6.45, 7) is 5.48. The van der Waals surface area contributed by atoms with Crippen LogP contribution in [0, 0.1) is 0 Å². The summed E-state index contributed by atoms with van der Waals surface area (Å²) in [5, 5.41) is 11.2. The van der Waals surface area contributed by atoms with E-state index in [9.17, 15) is 14.7 Å². The lowest BCUT2D eigenvalue weighted by Crippen LogP contribution is -2.35. The minimum absolute atomic E-state index is 0.0830. The molecule has 1 fully saturated rings. The second kappa shape index (κ2) is 11.2. The molecule has 1 amide bonds. The van der Waals surface area contributed by atoms with Crippen molar-refractivity contribution in [1.29, 1.82) is 0 Å². The molecule has 182 valence electrons. The molecule has 1 heterocycles. The van der Waals surface area contributed by atoms with Crippen molar-refractivity contribution in [3.8, 4) is 11.5 Å². The molecule has 0 radical (unpaired) electrons. The van der Waals surface area contributed by atoms with Crippen LogP contribution in [0.3, 0.4) is 0 Å². The number of nitrogens with zero attached hydrogens (tertiary/aromatic N) is 2. The minimum atomic E-state index is -0.735. The number of ether oxygens (including phenoxy) is 2. The Hall–Kier alpha value is -3.32. The largest absolute Gasteiger partial charge is 0.507 e. The fourth-order valence-corrected chi connectivity index (χ4v) is 4.01. The summed E-state index contributed by atoms with van der Waals surface area (Å²) in [6.07, 6.45) is 1.69. The van der Waals surface area contributed by atoms with Crippen LogP contribution in [0.25, 0.3) is 5.76 Å². The molecule has 1 aliphatic heterocycles. The Balaban J connectivity index is 2.15. The molecular formula is C27H34N2O5. The predicted octanol–water partition coefficient (Wildman–Crippen LogP) is 4.03. The van der Waals surface area contributed by atoms with Gasteiger partial charge in [0.1, 0.15) is 5.76 Å². The van der Waals surface area contributed by atoms with Gasteiger partial charge in [-0.2, -0.15) is 0 Å². The number of aliphatic hydroxyl groups is 1. The van der Waals surface area contributed by atoms with E-state index < -0.39 is 17.7 Å². The third-order valence-corrected chi connectivity index (χ3v) is 5.93. The molecule has 34 heavy (non-hydrogen) atoms. The molecule has 0 aromatic heterocycles. The van der Waals surface area contributed by atoms with Crippen molar-refractivity contribution >= 4 is 17.4 Å². The number of aliphatic hydroxyl groups excluding tert-OH is 1. The first-order valence-corrected chi connectivity index (χ1v) is 11.7. The molecule has 0 bridgehead atoms. The molecule has 7 nitrogen and oxygen atoms in total. The van der Waals surface area contributed by atoms with E-state index in [0.717, 1.165) is 18.4 Å². The Morgan fingerprint density at radius 2 is 1.76 bits per heavy atom.